The number of aliphatic hydroxyl groups is 1. The van der Waals surface area contributed by atoms with Gasteiger partial charge in [0.25, 0.3) is 0 Å². The topological polar surface area (TPSA) is 104 Å². The molecule has 152 valence electrons. The number of aliphatic hydroxyl groups excluding tert-OH is 1. The van der Waals surface area contributed by atoms with Crippen molar-refractivity contribution < 1.29 is 38.7 Å². The largest absolute Gasteiger partial charge is 0.502 e. The number of carbonyl (C=O) groups excluding carboxylic acids is 1. The summed E-state index contributed by atoms with van der Waals surface area (Å²) in [5.41, 5.74) is 2.12. The molecule has 0 aromatic heterocycles. The zero-order valence-corrected chi connectivity index (χ0v) is 15.9. The number of phenolic OH excluding ortho intramolecular Hbond substituents is 1. The summed E-state index contributed by atoms with van der Waals surface area (Å²) >= 11 is 0. The van der Waals surface area contributed by atoms with E-state index in [1.807, 2.05) is 0 Å². The number of carbonyl (C=O) groups is 1. The lowest BCUT2D eigenvalue weighted by atomic mass is 9.66. The standard InChI is InChI=1S/C21H20O8/c1-25-15-3-9(4-16(26-2)20(15)23)17-10-5-13-14(29-8-28-13)6-11(10)19(22)12-7-27-21(24)18(12)17/h3-6,12,17-19,22-23H,7-8H2,1-2H3/t12-,17?,18-,19+/m0/s1. The lowest BCUT2D eigenvalue weighted by Crippen LogP contribution is -2.34. The minimum Gasteiger partial charge on any atom is -0.502 e. The van der Waals surface area contributed by atoms with E-state index in [0.29, 0.717) is 22.6 Å². The number of aromatic hydroxyl groups is 1. The highest BCUT2D eigenvalue weighted by Gasteiger charge is 2.52. The van der Waals surface area contributed by atoms with Crippen molar-refractivity contribution in [3.05, 3.63) is 41.0 Å². The van der Waals surface area contributed by atoms with Gasteiger partial charge in [-0.2, -0.15) is 0 Å². The third-order valence-corrected chi connectivity index (χ3v) is 6.01. The summed E-state index contributed by atoms with van der Waals surface area (Å²) in [5, 5.41) is 21.3. The van der Waals surface area contributed by atoms with Crippen LogP contribution in [0, 0.1) is 11.8 Å². The Labute approximate surface area is 166 Å². The van der Waals surface area contributed by atoms with E-state index in [0.717, 1.165) is 5.56 Å². The van der Waals surface area contributed by atoms with Gasteiger partial charge in [-0.25, -0.2) is 0 Å². The SMILES string of the molecule is COc1cc(C2c3cc4c(cc3[C@@H](O)[C@H]3COC(=O)[C@H]23)OCO4)cc(OC)c1O. The van der Waals surface area contributed by atoms with Crippen LogP contribution < -0.4 is 18.9 Å². The van der Waals surface area contributed by atoms with Gasteiger partial charge in [0.1, 0.15) is 0 Å². The van der Waals surface area contributed by atoms with Crippen molar-refractivity contribution in [2.75, 3.05) is 27.6 Å². The van der Waals surface area contributed by atoms with Crippen LogP contribution in [-0.4, -0.2) is 43.8 Å². The van der Waals surface area contributed by atoms with Crippen molar-refractivity contribution in [3.63, 3.8) is 0 Å². The first kappa shape index (κ1) is 17.9. The predicted octanol–water partition coefficient (Wildman–Crippen LogP) is 2.11. The minimum atomic E-state index is -0.867. The van der Waals surface area contributed by atoms with Gasteiger partial charge in [0.05, 0.1) is 32.8 Å². The number of hydrogen-bond donors (Lipinski definition) is 2. The molecule has 3 aliphatic rings. The van der Waals surface area contributed by atoms with Crippen molar-refractivity contribution >= 4 is 5.97 Å². The maximum absolute atomic E-state index is 12.7. The maximum atomic E-state index is 12.7. The number of phenols is 1. The van der Waals surface area contributed by atoms with Gasteiger partial charge in [-0.15, -0.1) is 0 Å². The molecule has 0 spiro atoms. The average molecular weight is 400 g/mol. The monoisotopic (exact) mass is 400 g/mol. The van der Waals surface area contributed by atoms with Crippen LogP contribution in [0.3, 0.4) is 0 Å². The summed E-state index contributed by atoms with van der Waals surface area (Å²) in [4.78, 5) is 12.7. The quantitative estimate of drug-likeness (QED) is 0.755. The van der Waals surface area contributed by atoms with Gasteiger partial charge in [-0.1, -0.05) is 0 Å². The van der Waals surface area contributed by atoms with Crippen LogP contribution >= 0.6 is 0 Å². The highest BCUT2D eigenvalue weighted by Crippen LogP contribution is 2.55. The van der Waals surface area contributed by atoms with Gasteiger partial charge in [0, 0.05) is 11.8 Å². The summed E-state index contributed by atoms with van der Waals surface area (Å²) in [7, 11) is 2.89. The fourth-order valence-corrected chi connectivity index (χ4v) is 4.63. The van der Waals surface area contributed by atoms with Crippen LogP contribution in [0.25, 0.3) is 0 Å². The molecule has 1 saturated heterocycles. The molecule has 0 bridgehead atoms. The zero-order valence-electron chi connectivity index (χ0n) is 15.9. The van der Waals surface area contributed by atoms with E-state index in [-0.39, 0.29) is 36.6 Å². The van der Waals surface area contributed by atoms with Crippen molar-refractivity contribution in [2.24, 2.45) is 11.8 Å². The molecule has 1 aliphatic carbocycles. The summed E-state index contributed by atoms with van der Waals surface area (Å²) < 4.78 is 26.9. The van der Waals surface area contributed by atoms with Gasteiger partial charge >= 0.3 is 5.97 Å². The van der Waals surface area contributed by atoms with E-state index < -0.39 is 23.9 Å². The number of rotatable bonds is 3. The second kappa shape index (κ2) is 6.45. The third-order valence-electron chi connectivity index (χ3n) is 6.01. The lowest BCUT2D eigenvalue weighted by Gasteiger charge is -2.37. The molecule has 4 atom stereocenters. The molecule has 8 heteroatoms. The second-order valence-corrected chi connectivity index (χ2v) is 7.35. The number of ether oxygens (including phenoxy) is 5. The van der Waals surface area contributed by atoms with E-state index >= 15 is 0 Å². The number of cyclic esters (lactones) is 1. The summed E-state index contributed by atoms with van der Waals surface area (Å²) in [6, 6.07) is 6.93. The molecular weight excluding hydrogens is 380 g/mol. The van der Waals surface area contributed by atoms with E-state index in [1.165, 1.54) is 14.2 Å². The molecule has 5 rings (SSSR count). The Kier molecular flexibility index (Phi) is 3.99. The van der Waals surface area contributed by atoms with Gasteiger partial charge in [0.15, 0.2) is 23.0 Å². The summed E-state index contributed by atoms with van der Waals surface area (Å²) in [5.74, 6) is -0.324. The molecule has 0 saturated carbocycles. The normalized spacial score (nSPS) is 26.5. The van der Waals surface area contributed by atoms with E-state index in [4.69, 9.17) is 23.7 Å². The summed E-state index contributed by atoms with van der Waals surface area (Å²) in [6.45, 7) is 0.246. The Balaban J connectivity index is 1.75. The first-order valence-electron chi connectivity index (χ1n) is 9.26. The molecule has 2 aliphatic heterocycles. The van der Waals surface area contributed by atoms with Crippen molar-refractivity contribution in [3.8, 4) is 28.7 Å². The summed E-state index contributed by atoms with van der Waals surface area (Å²) in [6.07, 6.45) is -0.867. The molecule has 1 unspecified atom stereocenters. The van der Waals surface area contributed by atoms with Crippen molar-refractivity contribution in [1.29, 1.82) is 0 Å². The molecule has 2 heterocycles. The molecule has 0 amide bonds. The van der Waals surface area contributed by atoms with Crippen LogP contribution in [-0.2, 0) is 9.53 Å². The smallest absolute Gasteiger partial charge is 0.310 e. The minimum absolute atomic E-state index is 0.106. The Hall–Kier alpha value is -3.13. The Morgan fingerprint density at radius 1 is 0.966 bits per heavy atom. The molecule has 2 aromatic rings. The van der Waals surface area contributed by atoms with Gasteiger partial charge in [0.2, 0.25) is 12.5 Å². The van der Waals surface area contributed by atoms with Crippen LogP contribution in [0.2, 0.25) is 0 Å². The average Bonchev–Trinajstić information content (AvgIpc) is 3.34. The van der Waals surface area contributed by atoms with Crippen LogP contribution in [0.5, 0.6) is 28.7 Å². The van der Waals surface area contributed by atoms with Gasteiger partial charge < -0.3 is 33.9 Å². The van der Waals surface area contributed by atoms with E-state index in [9.17, 15) is 15.0 Å². The Bertz CT molecular complexity index is 975. The zero-order chi connectivity index (χ0) is 20.3. The van der Waals surface area contributed by atoms with Crippen molar-refractivity contribution in [1.82, 2.24) is 0 Å². The Morgan fingerprint density at radius 2 is 1.59 bits per heavy atom. The molecular formula is C21H20O8. The van der Waals surface area contributed by atoms with Crippen LogP contribution in [0.4, 0.5) is 0 Å². The van der Waals surface area contributed by atoms with Crippen LogP contribution in [0.1, 0.15) is 28.7 Å². The Morgan fingerprint density at radius 3 is 2.21 bits per heavy atom. The second-order valence-electron chi connectivity index (χ2n) is 7.35. The molecule has 2 N–H and O–H groups in total. The number of esters is 1. The first-order chi connectivity index (χ1) is 14.0. The lowest BCUT2D eigenvalue weighted by molar-refractivity contribution is -0.141. The number of methoxy groups -OCH3 is 2. The van der Waals surface area contributed by atoms with Crippen molar-refractivity contribution in [2.45, 2.75) is 12.0 Å². The van der Waals surface area contributed by atoms with Gasteiger partial charge in [-0.05, 0) is 41.0 Å². The van der Waals surface area contributed by atoms with Crippen LogP contribution in [0.15, 0.2) is 24.3 Å². The molecule has 0 radical (unpaired) electrons. The highest BCUT2D eigenvalue weighted by atomic mass is 16.7. The molecule has 29 heavy (non-hydrogen) atoms. The highest BCUT2D eigenvalue weighted by molar-refractivity contribution is 5.79. The molecule has 1 fully saturated rings. The number of fused-ring (bicyclic) bond motifs is 3. The van der Waals surface area contributed by atoms with E-state index in [2.05, 4.69) is 0 Å². The fraction of sp³-hybridized carbons (Fsp3) is 0.381. The van der Waals surface area contributed by atoms with Gasteiger partial charge in [-0.3, -0.25) is 4.79 Å². The predicted molar refractivity (Wildman–Crippen MR) is 98.5 cm³/mol. The van der Waals surface area contributed by atoms with E-state index in [1.54, 1.807) is 24.3 Å². The fourth-order valence-electron chi connectivity index (χ4n) is 4.63. The third kappa shape index (κ3) is 2.52. The molecule has 8 nitrogen and oxygen atoms in total. The number of hydrogen-bond acceptors (Lipinski definition) is 8. The first-order valence-corrected chi connectivity index (χ1v) is 9.26. The number of benzene rings is 2. The molecule has 2 aromatic carbocycles. The maximum Gasteiger partial charge on any atom is 0.310 e.